The van der Waals surface area contributed by atoms with Gasteiger partial charge < -0.3 is 5.32 Å². The first-order valence-corrected chi connectivity index (χ1v) is 7.31. The van der Waals surface area contributed by atoms with Crippen molar-refractivity contribution in [1.29, 1.82) is 0 Å². The molecule has 94 valence electrons. The number of benzene rings is 1. The molecule has 0 bridgehead atoms. The molecule has 0 radical (unpaired) electrons. The second-order valence-electron chi connectivity index (χ2n) is 4.98. The van der Waals surface area contributed by atoms with E-state index >= 15 is 0 Å². The van der Waals surface area contributed by atoms with Gasteiger partial charge in [0.1, 0.15) is 0 Å². The second-order valence-corrected chi connectivity index (χ2v) is 6.18. The summed E-state index contributed by atoms with van der Waals surface area (Å²) in [4.78, 5) is 5.84. The van der Waals surface area contributed by atoms with E-state index in [-0.39, 0.29) is 0 Å². The maximum absolute atomic E-state index is 4.53. The Balaban J connectivity index is 1.68. The van der Waals surface area contributed by atoms with Crippen LogP contribution in [0.5, 0.6) is 0 Å². The number of fused-ring (bicyclic) bond motifs is 1. The number of aromatic nitrogens is 1. The van der Waals surface area contributed by atoms with Gasteiger partial charge >= 0.3 is 0 Å². The van der Waals surface area contributed by atoms with Crippen LogP contribution in [0.3, 0.4) is 0 Å². The Morgan fingerprint density at radius 2 is 2.17 bits per heavy atom. The first kappa shape index (κ1) is 11.7. The number of thiazole rings is 1. The molecule has 1 unspecified atom stereocenters. The third-order valence-corrected chi connectivity index (χ3v) is 4.82. The largest absolute Gasteiger partial charge is 0.361 e. The van der Waals surface area contributed by atoms with Gasteiger partial charge in [0.15, 0.2) is 5.13 Å². The van der Waals surface area contributed by atoms with Crippen LogP contribution in [-0.2, 0) is 6.42 Å². The number of hydrogen-bond acceptors (Lipinski definition) is 3. The molecule has 1 aromatic carbocycles. The molecule has 1 aromatic heterocycles. The van der Waals surface area contributed by atoms with Crippen molar-refractivity contribution in [2.24, 2.45) is 0 Å². The zero-order valence-corrected chi connectivity index (χ0v) is 11.7. The van der Waals surface area contributed by atoms with Crippen molar-refractivity contribution in [3.63, 3.8) is 0 Å². The van der Waals surface area contributed by atoms with E-state index in [1.165, 1.54) is 28.8 Å². The summed E-state index contributed by atoms with van der Waals surface area (Å²) in [6.45, 7) is 5.20. The van der Waals surface area contributed by atoms with Crippen LogP contribution < -0.4 is 5.32 Å². The molecule has 0 aliphatic heterocycles. The van der Waals surface area contributed by atoms with E-state index < -0.39 is 0 Å². The molecule has 0 saturated carbocycles. The van der Waals surface area contributed by atoms with E-state index in [0.29, 0.717) is 5.92 Å². The fourth-order valence-electron chi connectivity index (χ4n) is 2.62. The minimum Gasteiger partial charge on any atom is -0.361 e. The number of aryl methyl sites for hydroxylation is 3. The van der Waals surface area contributed by atoms with Crippen LogP contribution in [0.25, 0.3) is 0 Å². The lowest BCUT2D eigenvalue weighted by Crippen LogP contribution is -2.10. The van der Waals surface area contributed by atoms with Gasteiger partial charge in [-0.15, -0.1) is 11.3 Å². The maximum atomic E-state index is 4.53. The Morgan fingerprint density at radius 1 is 1.33 bits per heavy atom. The topological polar surface area (TPSA) is 24.9 Å². The third kappa shape index (κ3) is 2.15. The molecule has 2 aromatic rings. The lowest BCUT2D eigenvalue weighted by atomic mass is 10.0. The fraction of sp³-hybridized carbons (Fsp3) is 0.400. The molecule has 1 aliphatic rings. The van der Waals surface area contributed by atoms with Gasteiger partial charge in [-0.05, 0) is 37.8 Å². The van der Waals surface area contributed by atoms with Gasteiger partial charge in [-0.25, -0.2) is 4.98 Å². The predicted molar refractivity (Wildman–Crippen MR) is 77.6 cm³/mol. The fourth-order valence-corrected chi connectivity index (χ4v) is 3.44. The Bertz CT molecular complexity index is 540. The van der Waals surface area contributed by atoms with Crippen molar-refractivity contribution in [2.45, 2.75) is 32.6 Å². The predicted octanol–water partition coefficient (Wildman–Crippen LogP) is 3.90. The maximum Gasteiger partial charge on any atom is 0.183 e. The molecule has 1 N–H and O–H groups in total. The van der Waals surface area contributed by atoms with Gasteiger partial charge in [-0.1, -0.05) is 24.3 Å². The number of nitrogens with zero attached hydrogens (tertiary/aromatic N) is 1. The van der Waals surface area contributed by atoms with Crippen LogP contribution in [0.4, 0.5) is 5.13 Å². The Kier molecular flexibility index (Phi) is 3.08. The molecular weight excluding hydrogens is 240 g/mol. The Hall–Kier alpha value is -1.35. The van der Waals surface area contributed by atoms with E-state index in [1.807, 2.05) is 0 Å². The highest BCUT2D eigenvalue weighted by molar-refractivity contribution is 7.15. The average Bonchev–Trinajstić information content (AvgIpc) is 2.92. The number of rotatable bonds is 3. The number of nitrogens with one attached hydrogen (secondary N) is 1. The Labute approximate surface area is 112 Å². The van der Waals surface area contributed by atoms with Crippen LogP contribution in [0.1, 0.15) is 34.0 Å². The molecular formula is C15H18N2S. The summed E-state index contributed by atoms with van der Waals surface area (Å²) in [6.07, 6.45) is 2.48. The van der Waals surface area contributed by atoms with Gasteiger partial charge in [-0.3, -0.25) is 0 Å². The first-order chi connectivity index (χ1) is 8.74. The lowest BCUT2D eigenvalue weighted by molar-refractivity contribution is 0.708. The zero-order valence-electron chi connectivity index (χ0n) is 10.9. The standard InChI is InChI=1S/C15H18N2S/c1-10-11(2)18-15(17-10)16-9-13-8-7-12-5-3-4-6-14(12)13/h3-6,13H,7-9H2,1-2H3,(H,16,17). The van der Waals surface area contributed by atoms with Gasteiger partial charge in [0.05, 0.1) is 5.69 Å². The minimum absolute atomic E-state index is 0.644. The van der Waals surface area contributed by atoms with Crippen molar-refractivity contribution < 1.29 is 0 Å². The van der Waals surface area contributed by atoms with E-state index in [9.17, 15) is 0 Å². The van der Waals surface area contributed by atoms with E-state index in [1.54, 1.807) is 11.3 Å². The normalized spacial score (nSPS) is 17.8. The highest BCUT2D eigenvalue weighted by Gasteiger charge is 2.21. The second kappa shape index (κ2) is 4.73. The van der Waals surface area contributed by atoms with Crippen LogP contribution in [0.2, 0.25) is 0 Å². The summed E-state index contributed by atoms with van der Waals surface area (Å²) in [5, 5.41) is 4.56. The van der Waals surface area contributed by atoms with Gasteiger partial charge in [0.25, 0.3) is 0 Å². The van der Waals surface area contributed by atoms with Crippen molar-refractivity contribution in [3.8, 4) is 0 Å². The quantitative estimate of drug-likeness (QED) is 0.903. The van der Waals surface area contributed by atoms with Gasteiger partial charge in [0.2, 0.25) is 0 Å². The monoisotopic (exact) mass is 258 g/mol. The molecule has 0 fully saturated rings. The van der Waals surface area contributed by atoms with Crippen LogP contribution in [-0.4, -0.2) is 11.5 Å². The van der Waals surface area contributed by atoms with Crippen LogP contribution >= 0.6 is 11.3 Å². The molecule has 2 nitrogen and oxygen atoms in total. The lowest BCUT2D eigenvalue weighted by Gasteiger charge is -2.11. The summed E-state index contributed by atoms with van der Waals surface area (Å²) >= 11 is 1.76. The van der Waals surface area contributed by atoms with Gasteiger partial charge in [0, 0.05) is 17.3 Å². The van der Waals surface area contributed by atoms with E-state index in [4.69, 9.17) is 0 Å². The molecule has 0 spiro atoms. The zero-order chi connectivity index (χ0) is 12.5. The van der Waals surface area contributed by atoms with Crippen molar-refractivity contribution in [1.82, 2.24) is 4.98 Å². The summed E-state index contributed by atoms with van der Waals surface area (Å²) in [5.41, 5.74) is 4.19. The smallest absolute Gasteiger partial charge is 0.183 e. The van der Waals surface area contributed by atoms with Gasteiger partial charge in [-0.2, -0.15) is 0 Å². The molecule has 0 saturated heterocycles. The highest BCUT2D eigenvalue weighted by atomic mass is 32.1. The molecule has 1 aliphatic carbocycles. The molecule has 3 heteroatoms. The molecule has 3 rings (SSSR count). The number of hydrogen-bond donors (Lipinski definition) is 1. The minimum atomic E-state index is 0.644. The summed E-state index contributed by atoms with van der Waals surface area (Å²) in [5.74, 6) is 0.644. The number of anilines is 1. The van der Waals surface area contributed by atoms with Crippen molar-refractivity contribution in [3.05, 3.63) is 46.0 Å². The van der Waals surface area contributed by atoms with Crippen molar-refractivity contribution in [2.75, 3.05) is 11.9 Å². The molecule has 1 atom stereocenters. The summed E-state index contributed by atoms with van der Waals surface area (Å²) < 4.78 is 0. The summed E-state index contributed by atoms with van der Waals surface area (Å²) in [6, 6.07) is 8.82. The van der Waals surface area contributed by atoms with Crippen LogP contribution in [0, 0.1) is 13.8 Å². The SMILES string of the molecule is Cc1nc(NCC2CCc3ccccc32)sc1C. The van der Waals surface area contributed by atoms with E-state index in [2.05, 4.69) is 48.4 Å². The average molecular weight is 258 g/mol. The molecule has 0 amide bonds. The van der Waals surface area contributed by atoms with Crippen LogP contribution in [0.15, 0.2) is 24.3 Å². The Morgan fingerprint density at radius 3 is 2.94 bits per heavy atom. The molecule has 18 heavy (non-hydrogen) atoms. The van der Waals surface area contributed by atoms with E-state index in [0.717, 1.165) is 17.4 Å². The molecule has 1 heterocycles. The highest BCUT2D eigenvalue weighted by Crippen LogP contribution is 2.33. The van der Waals surface area contributed by atoms with Crippen molar-refractivity contribution >= 4 is 16.5 Å². The third-order valence-electron chi connectivity index (χ3n) is 3.79. The first-order valence-electron chi connectivity index (χ1n) is 6.50. The summed E-state index contributed by atoms with van der Waals surface area (Å²) in [7, 11) is 0.